The van der Waals surface area contributed by atoms with Crippen molar-refractivity contribution < 1.29 is 22.3 Å². The topological polar surface area (TPSA) is 97.4 Å². The second kappa shape index (κ2) is 10.0. The van der Waals surface area contributed by atoms with Gasteiger partial charge in [-0.05, 0) is 67.6 Å². The van der Waals surface area contributed by atoms with E-state index in [-0.39, 0.29) is 17.4 Å². The number of para-hydroxylation sites is 1. The molecular weight excluding hydrogens is 477 g/mol. The molecule has 0 aliphatic heterocycles. The maximum absolute atomic E-state index is 13.1. The lowest BCUT2D eigenvalue weighted by molar-refractivity contribution is 0.102. The molecule has 4 aromatic rings. The van der Waals surface area contributed by atoms with Gasteiger partial charge in [0.2, 0.25) is 0 Å². The molecule has 0 bridgehead atoms. The first-order chi connectivity index (χ1) is 16.3. The molecule has 3 aromatic carbocycles. The van der Waals surface area contributed by atoms with E-state index < -0.39 is 15.8 Å². The fourth-order valence-corrected chi connectivity index (χ4v) is 4.71. The highest BCUT2D eigenvalue weighted by Crippen LogP contribution is 2.23. The van der Waals surface area contributed by atoms with E-state index in [9.17, 15) is 17.6 Å². The summed E-state index contributed by atoms with van der Waals surface area (Å²) in [5.41, 5.74) is 1.91. The third-order valence-electron chi connectivity index (χ3n) is 4.69. The lowest BCUT2D eigenvalue weighted by atomic mass is 10.2. The summed E-state index contributed by atoms with van der Waals surface area (Å²) in [5.74, 6) is -0.469. The van der Waals surface area contributed by atoms with Gasteiger partial charge in [-0.25, -0.2) is 17.8 Å². The second-order valence-corrected chi connectivity index (χ2v) is 9.98. The number of carbonyl (C=O) groups excluding carboxylic acids is 1. The Morgan fingerprint density at radius 1 is 1.00 bits per heavy atom. The molecule has 2 N–H and O–H groups in total. The van der Waals surface area contributed by atoms with Crippen molar-refractivity contribution in [3.8, 4) is 5.75 Å². The number of halogens is 1. The Hall–Kier alpha value is -3.76. The van der Waals surface area contributed by atoms with Gasteiger partial charge < -0.3 is 10.1 Å². The molecule has 0 saturated heterocycles. The number of amides is 1. The van der Waals surface area contributed by atoms with Crippen molar-refractivity contribution in [1.29, 1.82) is 0 Å². The molecule has 1 aromatic heterocycles. The van der Waals surface area contributed by atoms with Crippen molar-refractivity contribution in [1.82, 2.24) is 4.98 Å². The van der Waals surface area contributed by atoms with Crippen LogP contribution in [-0.2, 0) is 16.6 Å². The van der Waals surface area contributed by atoms with Gasteiger partial charge in [0.15, 0.2) is 0 Å². The number of ether oxygens (including phenoxy) is 1. The van der Waals surface area contributed by atoms with E-state index in [2.05, 4.69) is 15.0 Å². The van der Waals surface area contributed by atoms with Gasteiger partial charge in [0.25, 0.3) is 15.9 Å². The van der Waals surface area contributed by atoms with E-state index in [0.717, 1.165) is 22.8 Å². The average molecular weight is 498 g/mol. The van der Waals surface area contributed by atoms with Gasteiger partial charge in [0.1, 0.15) is 18.2 Å². The molecule has 7 nitrogen and oxygen atoms in total. The smallest absolute Gasteiger partial charge is 0.261 e. The van der Waals surface area contributed by atoms with Gasteiger partial charge in [0.05, 0.1) is 21.2 Å². The number of rotatable bonds is 8. The summed E-state index contributed by atoms with van der Waals surface area (Å²) in [6.07, 6.45) is 0. The van der Waals surface area contributed by atoms with Crippen LogP contribution in [0.25, 0.3) is 0 Å². The largest absolute Gasteiger partial charge is 0.486 e. The van der Waals surface area contributed by atoms with Gasteiger partial charge in [-0.15, -0.1) is 11.3 Å². The van der Waals surface area contributed by atoms with Crippen LogP contribution >= 0.6 is 11.3 Å². The van der Waals surface area contributed by atoms with Crippen molar-refractivity contribution in [3.05, 3.63) is 100 Å². The van der Waals surface area contributed by atoms with Crippen molar-refractivity contribution in [3.63, 3.8) is 0 Å². The fourth-order valence-electron chi connectivity index (χ4n) is 3.05. The normalized spacial score (nSPS) is 11.1. The van der Waals surface area contributed by atoms with Gasteiger partial charge in [-0.2, -0.15) is 0 Å². The number of aromatic nitrogens is 1. The van der Waals surface area contributed by atoms with Crippen molar-refractivity contribution in [2.75, 3.05) is 10.0 Å². The highest BCUT2D eigenvalue weighted by Gasteiger charge is 2.15. The molecule has 0 aliphatic rings. The first-order valence-corrected chi connectivity index (χ1v) is 12.5. The predicted octanol–water partition coefficient (Wildman–Crippen LogP) is 5.22. The number of benzene rings is 3. The third-order valence-corrected chi connectivity index (χ3v) is 6.91. The van der Waals surface area contributed by atoms with Crippen LogP contribution in [0.15, 0.2) is 83.1 Å². The summed E-state index contributed by atoms with van der Waals surface area (Å²) in [5, 5.41) is 5.62. The van der Waals surface area contributed by atoms with Crippen molar-refractivity contribution in [2.45, 2.75) is 18.4 Å². The molecule has 0 aliphatic carbocycles. The predicted molar refractivity (Wildman–Crippen MR) is 129 cm³/mol. The highest BCUT2D eigenvalue weighted by molar-refractivity contribution is 7.92. The Bertz CT molecular complexity index is 1400. The number of carbonyl (C=O) groups is 1. The minimum atomic E-state index is -3.87. The van der Waals surface area contributed by atoms with E-state index in [1.54, 1.807) is 36.4 Å². The molecule has 174 valence electrons. The molecule has 0 saturated carbocycles. The lowest BCUT2D eigenvalue weighted by Gasteiger charge is -2.12. The fraction of sp³-hybridized carbons (Fsp3) is 0.0833. The number of thiazole rings is 1. The minimum absolute atomic E-state index is 0.0595. The third kappa shape index (κ3) is 5.77. The molecule has 0 unspecified atom stereocenters. The molecule has 1 heterocycles. The van der Waals surface area contributed by atoms with Gasteiger partial charge >= 0.3 is 0 Å². The van der Waals surface area contributed by atoms with Gasteiger partial charge in [-0.1, -0.05) is 12.1 Å². The van der Waals surface area contributed by atoms with Crippen molar-refractivity contribution >= 4 is 38.6 Å². The average Bonchev–Trinajstić information content (AvgIpc) is 3.24. The van der Waals surface area contributed by atoms with E-state index >= 15 is 0 Å². The Morgan fingerprint density at radius 2 is 1.68 bits per heavy atom. The van der Waals surface area contributed by atoms with Gasteiger partial charge in [-0.3, -0.25) is 9.52 Å². The minimum Gasteiger partial charge on any atom is -0.486 e. The standard InChI is InChI=1S/C24H20FN3O4S2/c1-16-26-20(15-33-16)14-32-23-5-3-2-4-22(23)24(29)27-18-8-10-19(11-9-18)28-34(30,31)21-12-6-17(25)7-13-21/h2-13,15,28H,14H2,1H3,(H,27,29). The van der Waals surface area contributed by atoms with Gasteiger partial charge in [0, 0.05) is 16.8 Å². The van der Waals surface area contributed by atoms with Crippen LogP contribution in [0.4, 0.5) is 15.8 Å². The Labute approximate surface area is 200 Å². The van der Waals surface area contributed by atoms with E-state index in [0.29, 0.717) is 22.7 Å². The second-order valence-electron chi connectivity index (χ2n) is 7.23. The number of hydrogen-bond acceptors (Lipinski definition) is 6. The molecular formula is C24H20FN3O4S2. The molecule has 0 atom stereocenters. The summed E-state index contributed by atoms with van der Waals surface area (Å²) in [7, 11) is -3.87. The quantitative estimate of drug-likeness (QED) is 0.348. The zero-order chi connectivity index (χ0) is 24.1. The van der Waals surface area contributed by atoms with Crippen LogP contribution in [0, 0.1) is 12.7 Å². The first-order valence-electron chi connectivity index (χ1n) is 10.1. The van der Waals surface area contributed by atoms with Crippen LogP contribution in [0.3, 0.4) is 0 Å². The number of anilines is 2. The number of aryl methyl sites for hydroxylation is 1. The Balaban J connectivity index is 1.41. The molecule has 0 radical (unpaired) electrons. The van der Waals surface area contributed by atoms with E-state index in [1.807, 2.05) is 12.3 Å². The molecule has 1 amide bonds. The first kappa shape index (κ1) is 23.4. The SMILES string of the molecule is Cc1nc(COc2ccccc2C(=O)Nc2ccc(NS(=O)(=O)c3ccc(F)cc3)cc2)cs1. The Morgan fingerprint density at radius 3 is 2.35 bits per heavy atom. The summed E-state index contributed by atoms with van der Waals surface area (Å²) in [6, 6.07) is 17.6. The molecule has 0 spiro atoms. The number of nitrogens with one attached hydrogen (secondary N) is 2. The Kier molecular flexibility index (Phi) is 6.90. The van der Waals surface area contributed by atoms with E-state index in [1.165, 1.54) is 35.6 Å². The zero-order valence-corrected chi connectivity index (χ0v) is 19.6. The molecule has 0 fully saturated rings. The van der Waals surface area contributed by atoms with Crippen LogP contribution < -0.4 is 14.8 Å². The maximum atomic E-state index is 13.1. The van der Waals surface area contributed by atoms with Crippen molar-refractivity contribution in [2.24, 2.45) is 0 Å². The monoisotopic (exact) mass is 497 g/mol. The molecule has 34 heavy (non-hydrogen) atoms. The molecule has 10 heteroatoms. The number of nitrogens with zero attached hydrogens (tertiary/aromatic N) is 1. The maximum Gasteiger partial charge on any atom is 0.261 e. The summed E-state index contributed by atoms with van der Waals surface area (Å²) in [6.45, 7) is 2.16. The van der Waals surface area contributed by atoms with E-state index in [4.69, 9.17) is 4.74 Å². The highest BCUT2D eigenvalue weighted by atomic mass is 32.2. The lowest BCUT2D eigenvalue weighted by Crippen LogP contribution is -2.14. The van der Waals surface area contributed by atoms with Crippen LogP contribution in [-0.4, -0.2) is 19.3 Å². The number of sulfonamides is 1. The summed E-state index contributed by atoms with van der Waals surface area (Å²) < 4.78 is 46.2. The summed E-state index contributed by atoms with van der Waals surface area (Å²) >= 11 is 1.53. The number of hydrogen-bond donors (Lipinski definition) is 2. The van der Waals surface area contributed by atoms with Crippen LogP contribution in [0.5, 0.6) is 5.75 Å². The van der Waals surface area contributed by atoms with Crippen LogP contribution in [0.1, 0.15) is 21.1 Å². The zero-order valence-electron chi connectivity index (χ0n) is 18.0. The molecule has 4 rings (SSSR count). The summed E-state index contributed by atoms with van der Waals surface area (Å²) in [4.78, 5) is 17.1. The van der Waals surface area contributed by atoms with Crippen LogP contribution in [0.2, 0.25) is 0 Å².